The van der Waals surface area contributed by atoms with Crippen LogP contribution in [0, 0.1) is 11.8 Å². The van der Waals surface area contributed by atoms with Crippen molar-refractivity contribution in [2.24, 2.45) is 0 Å². The molecule has 0 aliphatic heterocycles. The van der Waals surface area contributed by atoms with Gasteiger partial charge in [0, 0.05) is 5.56 Å². The topological polar surface area (TPSA) is 29.5 Å². The Morgan fingerprint density at radius 1 is 1.05 bits per heavy atom. The van der Waals surface area contributed by atoms with Gasteiger partial charge in [-0.1, -0.05) is 42.2 Å². The summed E-state index contributed by atoms with van der Waals surface area (Å²) in [6, 6.07) is 17.0. The van der Waals surface area contributed by atoms with Gasteiger partial charge in [-0.25, -0.2) is 0 Å². The van der Waals surface area contributed by atoms with E-state index in [-0.39, 0.29) is 0 Å². The first-order valence-electron chi connectivity index (χ1n) is 6.66. The second-order valence-electron chi connectivity index (χ2n) is 4.65. The lowest BCUT2D eigenvalue weighted by Gasteiger charge is -2.16. The Labute approximate surface area is 120 Å². The molecule has 2 nitrogen and oxygen atoms in total. The fourth-order valence-electron chi connectivity index (χ4n) is 1.83. The number of ether oxygens (including phenoxy) is 1. The van der Waals surface area contributed by atoms with Gasteiger partial charge in [0.1, 0.15) is 11.4 Å². The Balaban J connectivity index is 2.17. The highest BCUT2D eigenvalue weighted by molar-refractivity contribution is 5.41. The van der Waals surface area contributed by atoms with E-state index < -0.39 is 5.60 Å². The van der Waals surface area contributed by atoms with Gasteiger partial charge < -0.3 is 9.84 Å². The molecule has 1 unspecified atom stereocenters. The van der Waals surface area contributed by atoms with Gasteiger partial charge in [0.25, 0.3) is 0 Å². The van der Waals surface area contributed by atoms with Gasteiger partial charge in [0.05, 0.1) is 6.61 Å². The second kappa shape index (κ2) is 6.27. The van der Waals surface area contributed by atoms with E-state index in [0.29, 0.717) is 6.61 Å². The molecule has 1 N–H and O–H groups in total. The summed E-state index contributed by atoms with van der Waals surface area (Å²) < 4.78 is 5.38. The first kappa shape index (κ1) is 14.2. The third-order valence-corrected chi connectivity index (χ3v) is 2.95. The molecule has 0 saturated carbocycles. The monoisotopic (exact) mass is 266 g/mol. The molecule has 0 aromatic heterocycles. The summed E-state index contributed by atoms with van der Waals surface area (Å²) in [5, 5.41) is 10.4. The van der Waals surface area contributed by atoms with E-state index in [1.807, 2.05) is 61.5 Å². The van der Waals surface area contributed by atoms with Crippen molar-refractivity contribution >= 4 is 0 Å². The van der Waals surface area contributed by atoms with Crippen molar-refractivity contribution in [3.63, 3.8) is 0 Å². The van der Waals surface area contributed by atoms with Crippen LogP contribution >= 0.6 is 0 Å². The van der Waals surface area contributed by atoms with E-state index in [9.17, 15) is 5.11 Å². The molecule has 0 aliphatic rings. The highest BCUT2D eigenvalue weighted by Crippen LogP contribution is 2.19. The Morgan fingerprint density at radius 2 is 1.70 bits per heavy atom. The molecule has 2 heteroatoms. The molecule has 0 bridgehead atoms. The third-order valence-electron chi connectivity index (χ3n) is 2.95. The van der Waals surface area contributed by atoms with Crippen molar-refractivity contribution < 1.29 is 9.84 Å². The Morgan fingerprint density at radius 3 is 2.30 bits per heavy atom. The molecular formula is C18H18O2. The highest BCUT2D eigenvalue weighted by atomic mass is 16.5. The first-order chi connectivity index (χ1) is 9.62. The average molecular weight is 266 g/mol. The van der Waals surface area contributed by atoms with Crippen molar-refractivity contribution in [2.75, 3.05) is 6.61 Å². The minimum absolute atomic E-state index is 0.647. The molecule has 0 fully saturated rings. The molecule has 0 aliphatic carbocycles. The van der Waals surface area contributed by atoms with Gasteiger partial charge in [-0.2, -0.15) is 0 Å². The Bertz CT molecular complexity index is 601. The maximum Gasteiger partial charge on any atom is 0.148 e. The van der Waals surface area contributed by atoms with E-state index in [1.165, 1.54) is 0 Å². The summed E-state index contributed by atoms with van der Waals surface area (Å²) >= 11 is 0. The van der Waals surface area contributed by atoms with Crippen molar-refractivity contribution in [2.45, 2.75) is 19.4 Å². The van der Waals surface area contributed by atoms with Crippen LogP contribution < -0.4 is 4.74 Å². The van der Waals surface area contributed by atoms with Gasteiger partial charge in [0.2, 0.25) is 0 Å². The van der Waals surface area contributed by atoms with Gasteiger partial charge >= 0.3 is 0 Å². The predicted molar refractivity (Wildman–Crippen MR) is 80.5 cm³/mol. The van der Waals surface area contributed by atoms with E-state index in [4.69, 9.17) is 4.74 Å². The van der Waals surface area contributed by atoms with Gasteiger partial charge in [-0.3, -0.25) is 0 Å². The second-order valence-corrected chi connectivity index (χ2v) is 4.65. The van der Waals surface area contributed by atoms with Crippen LogP contribution in [0.4, 0.5) is 0 Å². The van der Waals surface area contributed by atoms with Gasteiger partial charge in [-0.15, -0.1) is 0 Å². The molecule has 0 amide bonds. The molecule has 2 aromatic rings. The van der Waals surface area contributed by atoms with Gasteiger partial charge in [-0.05, 0) is 43.7 Å². The van der Waals surface area contributed by atoms with Crippen LogP contribution in [0.1, 0.15) is 25.0 Å². The van der Waals surface area contributed by atoms with Crippen LogP contribution in [-0.2, 0) is 5.60 Å². The minimum Gasteiger partial charge on any atom is -0.494 e. The lowest BCUT2D eigenvalue weighted by Crippen LogP contribution is -2.18. The zero-order valence-corrected chi connectivity index (χ0v) is 11.8. The molecule has 0 heterocycles. The molecule has 1 atom stereocenters. The number of benzene rings is 2. The Kier molecular flexibility index (Phi) is 4.45. The first-order valence-corrected chi connectivity index (χ1v) is 6.66. The lowest BCUT2D eigenvalue weighted by atomic mass is 9.96. The quantitative estimate of drug-likeness (QED) is 0.863. The summed E-state index contributed by atoms with van der Waals surface area (Å²) in [5.74, 6) is 6.73. The van der Waals surface area contributed by atoms with E-state index in [1.54, 1.807) is 6.92 Å². The molecule has 20 heavy (non-hydrogen) atoms. The van der Waals surface area contributed by atoms with Crippen LogP contribution in [0.25, 0.3) is 0 Å². The molecule has 102 valence electrons. The number of hydrogen-bond acceptors (Lipinski definition) is 2. The van der Waals surface area contributed by atoms with Crippen LogP contribution in [0.5, 0.6) is 5.75 Å². The van der Waals surface area contributed by atoms with E-state index >= 15 is 0 Å². The van der Waals surface area contributed by atoms with Crippen molar-refractivity contribution in [3.05, 3.63) is 65.7 Å². The van der Waals surface area contributed by atoms with Crippen molar-refractivity contribution in [3.8, 4) is 17.6 Å². The number of aliphatic hydroxyl groups is 1. The maximum atomic E-state index is 10.4. The largest absolute Gasteiger partial charge is 0.494 e. The Hall–Kier alpha value is -2.24. The van der Waals surface area contributed by atoms with Crippen molar-refractivity contribution in [1.82, 2.24) is 0 Å². The van der Waals surface area contributed by atoms with Crippen LogP contribution in [0.15, 0.2) is 54.6 Å². The van der Waals surface area contributed by atoms with Crippen LogP contribution in [0.2, 0.25) is 0 Å². The fraction of sp³-hybridized carbons (Fsp3) is 0.222. The standard InChI is InChI=1S/C18H18O2/c1-3-20-17-11-9-15(10-12-17)13-14-18(2,19)16-7-5-4-6-8-16/h4-12,19H,3H2,1-2H3. The molecular weight excluding hydrogens is 248 g/mol. The van der Waals surface area contributed by atoms with E-state index in [2.05, 4.69) is 11.8 Å². The number of rotatable bonds is 3. The minimum atomic E-state index is -1.15. The highest BCUT2D eigenvalue weighted by Gasteiger charge is 2.18. The molecule has 2 rings (SSSR count). The maximum absolute atomic E-state index is 10.4. The van der Waals surface area contributed by atoms with Gasteiger partial charge in [0.15, 0.2) is 0 Å². The summed E-state index contributed by atoms with van der Waals surface area (Å²) in [6.45, 7) is 4.29. The zero-order valence-electron chi connectivity index (χ0n) is 11.8. The average Bonchev–Trinajstić information content (AvgIpc) is 2.48. The molecule has 2 aromatic carbocycles. The zero-order chi connectivity index (χ0) is 14.4. The third kappa shape index (κ3) is 3.63. The molecule has 0 spiro atoms. The summed E-state index contributed by atoms with van der Waals surface area (Å²) in [7, 11) is 0. The normalized spacial score (nSPS) is 12.9. The predicted octanol–water partition coefficient (Wildman–Crippen LogP) is 3.34. The molecule has 0 saturated heterocycles. The number of hydrogen-bond donors (Lipinski definition) is 1. The summed E-state index contributed by atoms with van der Waals surface area (Å²) in [5.41, 5.74) is 0.489. The van der Waals surface area contributed by atoms with Crippen molar-refractivity contribution in [1.29, 1.82) is 0 Å². The SMILES string of the molecule is CCOc1ccc(C#CC(C)(O)c2ccccc2)cc1. The lowest BCUT2D eigenvalue weighted by molar-refractivity contribution is 0.122. The van der Waals surface area contributed by atoms with Crippen LogP contribution in [-0.4, -0.2) is 11.7 Å². The summed E-state index contributed by atoms with van der Waals surface area (Å²) in [4.78, 5) is 0. The smallest absolute Gasteiger partial charge is 0.148 e. The van der Waals surface area contributed by atoms with E-state index in [0.717, 1.165) is 16.9 Å². The van der Waals surface area contributed by atoms with Crippen LogP contribution in [0.3, 0.4) is 0 Å². The fourth-order valence-corrected chi connectivity index (χ4v) is 1.83. The molecule has 0 radical (unpaired) electrons. The summed E-state index contributed by atoms with van der Waals surface area (Å²) in [6.07, 6.45) is 0.